The lowest BCUT2D eigenvalue weighted by atomic mass is 9.86. The van der Waals surface area contributed by atoms with Crippen LogP contribution in [0.2, 0.25) is 0 Å². The Balaban J connectivity index is 1.88. The summed E-state index contributed by atoms with van der Waals surface area (Å²) in [6.07, 6.45) is 5.60. The zero-order valence-corrected chi connectivity index (χ0v) is 15.7. The van der Waals surface area contributed by atoms with Crippen molar-refractivity contribution in [2.24, 2.45) is 0 Å². The first-order chi connectivity index (χ1) is 13.7. The van der Waals surface area contributed by atoms with Crippen LogP contribution in [-0.2, 0) is 10.3 Å². The zero-order valence-electron chi connectivity index (χ0n) is 15.7. The SMILES string of the molecule is COc1ccc(C2(c3nnc(-c4ccncc4)o3)CCCN2C=O)c(OC)c1. The van der Waals surface area contributed by atoms with Gasteiger partial charge >= 0.3 is 0 Å². The number of methoxy groups -OCH3 is 2. The van der Waals surface area contributed by atoms with E-state index in [1.165, 1.54) is 0 Å². The molecule has 8 nitrogen and oxygen atoms in total. The predicted molar refractivity (Wildman–Crippen MR) is 99.9 cm³/mol. The molecule has 0 spiro atoms. The van der Waals surface area contributed by atoms with E-state index in [4.69, 9.17) is 13.9 Å². The lowest BCUT2D eigenvalue weighted by molar-refractivity contribution is -0.121. The Labute approximate surface area is 162 Å². The van der Waals surface area contributed by atoms with Gasteiger partial charge in [-0.05, 0) is 37.1 Å². The van der Waals surface area contributed by atoms with E-state index in [0.717, 1.165) is 24.0 Å². The van der Waals surface area contributed by atoms with Crippen molar-refractivity contribution in [3.8, 4) is 23.0 Å². The highest BCUT2D eigenvalue weighted by atomic mass is 16.5. The molecule has 1 saturated heterocycles. The normalized spacial score (nSPS) is 18.9. The van der Waals surface area contributed by atoms with Crippen molar-refractivity contribution in [2.75, 3.05) is 20.8 Å². The molecule has 1 amide bonds. The van der Waals surface area contributed by atoms with Crippen molar-refractivity contribution in [3.63, 3.8) is 0 Å². The summed E-state index contributed by atoms with van der Waals surface area (Å²) in [7, 11) is 3.18. The van der Waals surface area contributed by atoms with Crippen LogP contribution in [0.4, 0.5) is 0 Å². The van der Waals surface area contributed by atoms with Gasteiger partial charge in [0.15, 0.2) is 0 Å². The lowest BCUT2D eigenvalue weighted by Gasteiger charge is -2.34. The molecule has 1 fully saturated rings. The van der Waals surface area contributed by atoms with Crippen LogP contribution in [0.3, 0.4) is 0 Å². The highest BCUT2D eigenvalue weighted by Gasteiger charge is 2.50. The molecule has 1 aromatic carbocycles. The quantitative estimate of drug-likeness (QED) is 0.607. The second-order valence-electron chi connectivity index (χ2n) is 6.48. The van der Waals surface area contributed by atoms with E-state index >= 15 is 0 Å². The van der Waals surface area contributed by atoms with Gasteiger partial charge in [-0.15, -0.1) is 10.2 Å². The fourth-order valence-electron chi connectivity index (χ4n) is 3.76. The van der Waals surface area contributed by atoms with Crippen molar-refractivity contribution in [2.45, 2.75) is 18.4 Å². The number of ether oxygens (including phenoxy) is 2. The third-order valence-corrected chi connectivity index (χ3v) is 5.12. The molecule has 144 valence electrons. The number of rotatable bonds is 6. The number of hydrogen-bond donors (Lipinski definition) is 0. The first kappa shape index (κ1) is 18.0. The molecule has 8 heteroatoms. The largest absolute Gasteiger partial charge is 0.497 e. The molecule has 1 aliphatic rings. The van der Waals surface area contributed by atoms with Crippen molar-refractivity contribution in [1.29, 1.82) is 0 Å². The van der Waals surface area contributed by atoms with Gasteiger partial charge in [0.2, 0.25) is 18.2 Å². The highest BCUT2D eigenvalue weighted by Crippen LogP contribution is 2.47. The minimum atomic E-state index is -0.891. The second-order valence-corrected chi connectivity index (χ2v) is 6.48. The highest BCUT2D eigenvalue weighted by molar-refractivity contribution is 5.58. The van der Waals surface area contributed by atoms with E-state index in [9.17, 15) is 4.79 Å². The fourth-order valence-corrected chi connectivity index (χ4v) is 3.76. The second kappa shape index (κ2) is 7.30. The van der Waals surface area contributed by atoms with Gasteiger partial charge < -0.3 is 18.8 Å². The summed E-state index contributed by atoms with van der Waals surface area (Å²) < 4.78 is 17.0. The van der Waals surface area contributed by atoms with Crippen LogP contribution in [0, 0.1) is 0 Å². The van der Waals surface area contributed by atoms with Crippen LogP contribution in [0.5, 0.6) is 11.5 Å². The molecule has 3 heterocycles. The van der Waals surface area contributed by atoms with Crippen LogP contribution in [-0.4, -0.2) is 47.3 Å². The zero-order chi connectivity index (χ0) is 19.6. The van der Waals surface area contributed by atoms with Gasteiger partial charge in [0.25, 0.3) is 0 Å². The summed E-state index contributed by atoms with van der Waals surface area (Å²) in [5.74, 6) is 1.99. The minimum absolute atomic E-state index is 0.354. The Hall–Kier alpha value is -3.42. The minimum Gasteiger partial charge on any atom is -0.497 e. The van der Waals surface area contributed by atoms with Crippen LogP contribution in [0.25, 0.3) is 11.5 Å². The molecule has 1 aliphatic heterocycles. The molecular weight excluding hydrogens is 360 g/mol. The Morgan fingerprint density at radius 3 is 2.68 bits per heavy atom. The third kappa shape index (κ3) is 2.77. The number of pyridine rings is 1. The molecular formula is C20H20N4O4. The average molecular weight is 380 g/mol. The summed E-state index contributed by atoms with van der Waals surface area (Å²) in [6.45, 7) is 0.589. The molecule has 3 aromatic rings. The number of carbonyl (C=O) groups is 1. The molecule has 4 rings (SSSR count). The Morgan fingerprint density at radius 2 is 1.96 bits per heavy atom. The maximum Gasteiger partial charge on any atom is 0.248 e. The summed E-state index contributed by atoms with van der Waals surface area (Å²) in [6, 6.07) is 9.10. The fraction of sp³-hybridized carbons (Fsp3) is 0.300. The number of benzene rings is 1. The van der Waals surface area contributed by atoms with Crippen LogP contribution in [0.1, 0.15) is 24.3 Å². The monoisotopic (exact) mass is 380 g/mol. The molecule has 0 bridgehead atoms. The predicted octanol–water partition coefficient (Wildman–Crippen LogP) is 2.64. The first-order valence-corrected chi connectivity index (χ1v) is 8.92. The standard InChI is InChI=1S/C20H20N4O4/c1-26-15-4-5-16(17(12-15)27-2)20(8-3-11-24(20)13-25)19-23-22-18(28-19)14-6-9-21-10-7-14/h4-7,9-10,12-13H,3,8,11H2,1-2H3. The van der Waals surface area contributed by atoms with Gasteiger partial charge in [-0.2, -0.15) is 0 Å². The number of hydrogen-bond acceptors (Lipinski definition) is 7. The summed E-state index contributed by atoms with van der Waals surface area (Å²) >= 11 is 0. The summed E-state index contributed by atoms with van der Waals surface area (Å²) in [5, 5.41) is 8.52. The molecule has 1 atom stereocenters. The Kier molecular flexibility index (Phi) is 4.68. The van der Waals surface area contributed by atoms with Crippen LogP contribution in [0.15, 0.2) is 47.1 Å². The Morgan fingerprint density at radius 1 is 1.14 bits per heavy atom. The maximum absolute atomic E-state index is 11.9. The topological polar surface area (TPSA) is 90.6 Å². The Bertz CT molecular complexity index is 975. The van der Waals surface area contributed by atoms with E-state index in [1.807, 2.05) is 12.1 Å². The molecule has 0 aliphatic carbocycles. The van der Waals surface area contributed by atoms with Gasteiger partial charge in [-0.3, -0.25) is 9.78 Å². The van der Waals surface area contributed by atoms with Gasteiger partial charge in [-0.25, -0.2) is 0 Å². The molecule has 0 radical (unpaired) electrons. The van der Waals surface area contributed by atoms with E-state index in [0.29, 0.717) is 36.2 Å². The number of aromatic nitrogens is 3. The van der Waals surface area contributed by atoms with E-state index in [-0.39, 0.29) is 0 Å². The third-order valence-electron chi connectivity index (χ3n) is 5.12. The molecule has 0 N–H and O–H groups in total. The van der Waals surface area contributed by atoms with Gasteiger partial charge in [0.05, 0.1) is 14.2 Å². The molecule has 28 heavy (non-hydrogen) atoms. The van der Waals surface area contributed by atoms with Crippen LogP contribution < -0.4 is 9.47 Å². The molecule has 0 saturated carbocycles. The number of likely N-dealkylation sites (tertiary alicyclic amines) is 1. The van der Waals surface area contributed by atoms with Crippen molar-refractivity contribution < 1.29 is 18.7 Å². The van der Waals surface area contributed by atoms with Crippen molar-refractivity contribution >= 4 is 6.41 Å². The number of carbonyl (C=O) groups excluding carboxylic acids is 1. The maximum atomic E-state index is 11.9. The molecule has 2 aromatic heterocycles. The van der Waals surface area contributed by atoms with E-state index in [2.05, 4.69) is 15.2 Å². The lowest BCUT2D eigenvalue weighted by Crippen LogP contribution is -2.42. The van der Waals surface area contributed by atoms with E-state index in [1.54, 1.807) is 49.7 Å². The summed E-state index contributed by atoms with van der Waals surface area (Å²) in [4.78, 5) is 17.6. The first-order valence-electron chi connectivity index (χ1n) is 8.92. The number of amides is 1. The van der Waals surface area contributed by atoms with Gasteiger partial charge in [0.1, 0.15) is 17.0 Å². The molecule has 1 unspecified atom stereocenters. The van der Waals surface area contributed by atoms with E-state index < -0.39 is 5.54 Å². The smallest absolute Gasteiger partial charge is 0.248 e. The van der Waals surface area contributed by atoms with Gasteiger partial charge in [-0.1, -0.05) is 0 Å². The van der Waals surface area contributed by atoms with Crippen molar-refractivity contribution in [3.05, 3.63) is 54.2 Å². The summed E-state index contributed by atoms with van der Waals surface area (Å²) in [5.41, 5.74) is 0.657. The van der Waals surface area contributed by atoms with Gasteiger partial charge in [0, 0.05) is 36.1 Å². The van der Waals surface area contributed by atoms with Crippen molar-refractivity contribution in [1.82, 2.24) is 20.1 Å². The average Bonchev–Trinajstić information content (AvgIpc) is 3.41. The van der Waals surface area contributed by atoms with Crippen LogP contribution >= 0.6 is 0 Å². The number of nitrogens with zero attached hydrogens (tertiary/aromatic N) is 4.